The summed E-state index contributed by atoms with van der Waals surface area (Å²) in [5, 5.41) is 4.94. The van der Waals surface area contributed by atoms with Gasteiger partial charge in [0.25, 0.3) is 0 Å². The molecule has 22 heavy (non-hydrogen) atoms. The molecular formula is C17H13ClN2O2. The molecule has 0 bridgehead atoms. The smallest absolute Gasteiger partial charge is 0.344 e. The summed E-state index contributed by atoms with van der Waals surface area (Å²) in [6, 6.07) is 17.7. The van der Waals surface area contributed by atoms with Crippen LogP contribution in [0.2, 0.25) is 5.02 Å². The Morgan fingerprint density at radius 3 is 2.59 bits per heavy atom. The standard InChI is InChI=1S/C17H13ClN2O2/c1-12-10-16(22-17(21)13-6-3-2-4-7-13)20(19-12)15-9-5-8-14(18)11-15/h2-11H,1H3. The van der Waals surface area contributed by atoms with E-state index >= 15 is 0 Å². The molecule has 0 saturated heterocycles. The van der Waals surface area contributed by atoms with Crippen molar-refractivity contribution in [2.24, 2.45) is 0 Å². The molecule has 0 unspecified atom stereocenters. The second-order valence-electron chi connectivity index (χ2n) is 4.77. The number of esters is 1. The molecule has 1 aromatic heterocycles. The van der Waals surface area contributed by atoms with Crippen molar-refractivity contribution in [2.45, 2.75) is 6.92 Å². The molecule has 3 aromatic rings. The van der Waals surface area contributed by atoms with E-state index in [1.54, 1.807) is 47.1 Å². The maximum absolute atomic E-state index is 12.2. The van der Waals surface area contributed by atoms with E-state index in [1.165, 1.54) is 0 Å². The Balaban J connectivity index is 1.94. The molecule has 2 aromatic carbocycles. The second-order valence-corrected chi connectivity index (χ2v) is 5.21. The van der Waals surface area contributed by atoms with Gasteiger partial charge in [0, 0.05) is 11.1 Å². The molecule has 0 atom stereocenters. The van der Waals surface area contributed by atoms with Crippen molar-refractivity contribution in [3.8, 4) is 11.6 Å². The van der Waals surface area contributed by atoms with Crippen LogP contribution in [0.3, 0.4) is 0 Å². The molecule has 0 radical (unpaired) electrons. The highest BCUT2D eigenvalue weighted by atomic mass is 35.5. The third-order valence-electron chi connectivity index (χ3n) is 3.06. The quantitative estimate of drug-likeness (QED) is 0.685. The number of halogens is 1. The molecule has 1 heterocycles. The van der Waals surface area contributed by atoms with Crippen molar-refractivity contribution in [3.63, 3.8) is 0 Å². The maximum Gasteiger partial charge on any atom is 0.344 e. The van der Waals surface area contributed by atoms with E-state index in [9.17, 15) is 4.79 Å². The first-order chi connectivity index (χ1) is 10.6. The minimum absolute atomic E-state index is 0.355. The number of benzene rings is 2. The van der Waals surface area contributed by atoms with Gasteiger partial charge in [0.05, 0.1) is 16.9 Å². The zero-order valence-electron chi connectivity index (χ0n) is 11.9. The predicted molar refractivity (Wildman–Crippen MR) is 84.7 cm³/mol. The van der Waals surface area contributed by atoms with Gasteiger partial charge in [-0.15, -0.1) is 0 Å². The minimum atomic E-state index is -0.427. The summed E-state index contributed by atoms with van der Waals surface area (Å²) in [4.78, 5) is 12.2. The molecule has 0 aliphatic carbocycles. The van der Waals surface area contributed by atoms with Gasteiger partial charge in [-0.1, -0.05) is 35.9 Å². The van der Waals surface area contributed by atoms with Crippen LogP contribution in [0.4, 0.5) is 0 Å². The number of carbonyl (C=O) groups is 1. The zero-order valence-corrected chi connectivity index (χ0v) is 12.6. The lowest BCUT2D eigenvalue weighted by Crippen LogP contribution is -2.11. The van der Waals surface area contributed by atoms with Crippen LogP contribution in [0.1, 0.15) is 16.1 Å². The molecule has 0 amide bonds. The van der Waals surface area contributed by atoms with Crippen LogP contribution in [-0.4, -0.2) is 15.7 Å². The monoisotopic (exact) mass is 312 g/mol. The van der Waals surface area contributed by atoms with E-state index in [2.05, 4.69) is 5.10 Å². The van der Waals surface area contributed by atoms with Gasteiger partial charge in [0.2, 0.25) is 5.88 Å². The summed E-state index contributed by atoms with van der Waals surface area (Å²) < 4.78 is 7.02. The third-order valence-corrected chi connectivity index (χ3v) is 3.29. The number of carbonyl (C=O) groups excluding carboxylic acids is 1. The van der Waals surface area contributed by atoms with Crippen LogP contribution in [0.5, 0.6) is 5.88 Å². The van der Waals surface area contributed by atoms with E-state index in [1.807, 2.05) is 25.1 Å². The summed E-state index contributed by atoms with van der Waals surface area (Å²) in [6.07, 6.45) is 0. The Morgan fingerprint density at radius 1 is 1.09 bits per heavy atom. The average Bonchev–Trinajstić information content (AvgIpc) is 2.89. The van der Waals surface area contributed by atoms with Gasteiger partial charge in [-0.3, -0.25) is 0 Å². The van der Waals surface area contributed by atoms with Crippen molar-refractivity contribution >= 4 is 17.6 Å². The highest BCUT2D eigenvalue weighted by Crippen LogP contribution is 2.22. The van der Waals surface area contributed by atoms with E-state index in [0.717, 1.165) is 11.4 Å². The Hall–Kier alpha value is -2.59. The molecule has 5 heteroatoms. The number of ether oxygens (including phenoxy) is 1. The third kappa shape index (κ3) is 3.02. The molecule has 0 aliphatic rings. The number of nitrogens with zero attached hydrogens (tertiary/aromatic N) is 2. The fourth-order valence-corrected chi connectivity index (χ4v) is 2.25. The summed E-state index contributed by atoms with van der Waals surface area (Å²) in [5.74, 6) is -0.0719. The SMILES string of the molecule is Cc1cc(OC(=O)c2ccccc2)n(-c2cccc(Cl)c2)n1. The first-order valence-electron chi connectivity index (χ1n) is 6.73. The summed E-state index contributed by atoms with van der Waals surface area (Å²) in [5.41, 5.74) is 1.96. The molecule has 0 fully saturated rings. The van der Waals surface area contributed by atoms with Crippen molar-refractivity contribution < 1.29 is 9.53 Å². The highest BCUT2D eigenvalue weighted by Gasteiger charge is 2.14. The first kappa shape index (κ1) is 14.4. The Labute approximate surface area is 132 Å². The fraction of sp³-hybridized carbons (Fsp3) is 0.0588. The first-order valence-corrected chi connectivity index (χ1v) is 7.11. The van der Waals surface area contributed by atoms with Gasteiger partial charge < -0.3 is 4.74 Å². The van der Waals surface area contributed by atoms with Gasteiger partial charge in [-0.2, -0.15) is 5.10 Å². The molecule has 3 rings (SSSR count). The average molecular weight is 313 g/mol. The summed E-state index contributed by atoms with van der Waals surface area (Å²) in [7, 11) is 0. The second kappa shape index (κ2) is 6.03. The van der Waals surface area contributed by atoms with Crippen LogP contribution in [-0.2, 0) is 0 Å². The highest BCUT2D eigenvalue weighted by molar-refractivity contribution is 6.30. The molecule has 4 nitrogen and oxygen atoms in total. The minimum Gasteiger partial charge on any atom is -0.404 e. The molecule has 0 spiro atoms. The molecule has 0 saturated carbocycles. The van der Waals surface area contributed by atoms with E-state index in [-0.39, 0.29) is 0 Å². The van der Waals surface area contributed by atoms with Crippen molar-refractivity contribution in [3.05, 3.63) is 76.9 Å². The Kier molecular flexibility index (Phi) is 3.94. The number of aromatic nitrogens is 2. The van der Waals surface area contributed by atoms with Crippen LogP contribution < -0.4 is 4.74 Å². The maximum atomic E-state index is 12.2. The molecule has 0 aliphatic heterocycles. The topological polar surface area (TPSA) is 44.1 Å². The van der Waals surface area contributed by atoms with Crippen molar-refractivity contribution in [2.75, 3.05) is 0 Å². The summed E-state index contributed by atoms with van der Waals surface area (Å²) >= 11 is 6.01. The largest absolute Gasteiger partial charge is 0.404 e. The van der Waals surface area contributed by atoms with E-state index < -0.39 is 5.97 Å². The lowest BCUT2D eigenvalue weighted by molar-refractivity contribution is 0.0723. The van der Waals surface area contributed by atoms with E-state index in [4.69, 9.17) is 16.3 Å². The van der Waals surface area contributed by atoms with Gasteiger partial charge >= 0.3 is 5.97 Å². The zero-order chi connectivity index (χ0) is 15.5. The van der Waals surface area contributed by atoms with Crippen LogP contribution >= 0.6 is 11.6 Å². The number of aryl methyl sites for hydroxylation is 1. The number of rotatable bonds is 3. The summed E-state index contributed by atoms with van der Waals surface area (Å²) in [6.45, 7) is 1.83. The lowest BCUT2D eigenvalue weighted by Gasteiger charge is -2.08. The van der Waals surface area contributed by atoms with Crippen molar-refractivity contribution in [1.29, 1.82) is 0 Å². The number of hydrogen-bond donors (Lipinski definition) is 0. The normalized spacial score (nSPS) is 10.5. The molecular weight excluding hydrogens is 300 g/mol. The molecule has 0 N–H and O–H groups in total. The van der Waals surface area contributed by atoms with E-state index in [0.29, 0.717) is 16.5 Å². The predicted octanol–water partition coefficient (Wildman–Crippen LogP) is 4.05. The lowest BCUT2D eigenvalue weighted by atomic mass is 10.2. The molecule has 110 valence electrons. The Morgan fingerprint density at radius 2 is 1.86 bits per heavy atom. The van der Waals surface area contributed by atoms with Gasteiger partial charge in [-0.25, -0.2) is 9.48 Å². The number of hydrogen-bond acceptors (Lipinski definition) is 3. The van der Waals surface area contributed by atoms with Crippen molar-refractivity contribution in [1.82, 2.24) is 9.78 Å². The van der Waals surface area contributed by atoms with Gasteiger partial charge in [-0.05, 0) is 37.3 Å². The Bertz CT molecular complexity index is 813. The van der Waals surface area contributed by atoms with Crippen LogP contribution in [0.25, 0.3) is 5.69 Å². The van der Waals surface area contributed by atoms with Gasteiger partial charge in [0.1, 0.15) is 0 Å². The van der Waals surface area contributed by atoms with Crippen LogP contribution in [0, 0.1) is 6.92 Å². The van der Waals surface area contributed by atoms with Gasteiger partial charge in [0.15, 0.2) is 0 Å². The fourth-order valence-electron chi connectivity index (χ4n) is 2.07. The van der Waals surface area contributed by atoms with Crippen LogP contribution in [0.15, 0.2) is 60.7 Å².